The highest BCUT2D eigenvalue weighted by Crippen LogP contribution is 2.40. The molecule has 5 N–H and O–H groups in total. The zero-order chi connectivity index (χ0) is 24.5. The number of anilines is 4. The number of benzene rings is 2. The van der Waals surface area contributed by atoms with Gasteiger partial charge in [0, 0.05) is 51.6 Å². The van der Waals surface area contributed by atoms with Gasteiger partial charge in [-0.15, -0.1) is 0 Å². The van der Waals surface area contributed by atoms with Crippen LogP contribution in [0.5, 0.6) is 5.75 Å². The molecule has 2 atom stereocenters. The summed E-state index contributed by atoms with van der Waals surface area (Å²) in [5.74, 6) is 0.533. The van der Waals surface area contributed by atoms with E-state index in [4.69, 9.17) is 10.5 Å². The van der Waals surface area contributed by atoms with Gasteiger partial charge in [-0.1, -0.05) is 12.1 Å². The Hall–Kier alpha value is -3.30. The van der Waals surface area contributed by atoms with Crippen molar-refractivity contribution < 1.29 is 14.3 Å². The topological polar surface area (TPSA) is 112 Å². The number of para-hydroxylation sites is 1. The molecule has 35 heavy (non-hydrogen) atoms. The van der Waals surface area contributed by atoms with E-state index in [1.54, 1.807) is 22.8 Å². The minimum absolute atomic E-state index is 0.0577. The summed E-state index contributed by atoms with van der Waals surface area (Å²) in [7, 11) is 0. The van der Waals surface area contributed by atoms with E-state index in [1.165, 1.54) is 12.8 Å². The highest BCUT2D eigenvalue weighted by molar-refractivity contribution is 6.03. The van der Waals surface area contributed by atoms with E-state index in [0.717, 1.165) is 36.6 Å². The van der Waals surface area contributed by atoms with Gasteiger partial charge in [-0.05, 0) is 49.6 Å². The van der Waals surface area contributed by atoms with Crippen molar-refractivity contribution in [1.29, 1.82) is 0 Å². The van der Waals surface area contributed by atoms with Gasteiger partial charge in [-0.3, -0.25) is 9.69 Å². The molecule has 2 aromatic carbocycles. The number of ether oxygens (including phenoxy) is 1. The van der Waals surface area contributed by atoms with E-state index in [-0.39, 0.29) is 17.9 Å². The van der Waals surface area contributed by atoms with Crippen molar-refractivity contribution in [3.63, 3.8) is 0 Å². The van der Waals surface area contributed by atoms with E-state index in [2.05, 4.69) is 16.0 Å². The Bertz CT molecular complexity index is 1120. The second-order valence-corrected chi connectivity index (χ2v) is 9.61. The first-order valence-corrected chi connectivity index (χ1v) is 12.4. The second kappa shape index (κ2) is 9.75. The lowest BCUT2D eigenvalue weighted by Gasteiger charge is -2.40. The van der Waals surface area contributed by atoms with Crippen molar-refractivity contribution in [1.82, 2.24) is 5.32 Å². The van der Waals surface area contributed by atoms with Crippen LogP contribution in [0.15, 0.2) is 36.4 Å². The number of fused-ring (bicyclic) bond motifs is 2. The predicted octanol–water partition coefficient (Wildman–Crippen LogP) is 3.08. The van der Waals surface area contributed by atoms with Gasteiger partial charge in [-0.25, -0.2) is 4.79 Å². The first-order valence-electron chi connectivity index (χ1n) is 12.4. The molecule has 1 saturated carbocycles. The maximum atomic E-state index is 13.5. The molecule has 1 aliphatic carbocycles. The molecule has 9 heteroatoms. The van der Waals surface area contributed by atoms with Crippen LogP contribution in [0.2, 0.25) is 0 Å². The molecule has 0 bridgehead atoms. The fraction of sp³-hybridized carbons (Fsp3) is 0.462. The molecule has 2 amide bonds. The molecule has 9 nitrogen and oxygen atoms in total. The molecule has 2 aromatic rings. The van der Waals surface area contributed by atoms with Gasteiger partial charge in [0.15, 0.2) is 5.75 Å². The highest BCUT2D eigenvalue weighted by Gasteiger charge is 2.35. The number of amides is 2. The van der Waals surface area contributed by atoms with Crippen LogP contribution in [0.3, 0.4) is 0 Å². The SMILES string of the molecule is CC(=O)N1c2ccc(C(CN)CNC3CC3)cc2N(C(=O)Oc2cccc3c2NCCN3)C[C@@H]1C. The first kappa shape index (κ1) is 23.4. The van der Waals surface area contributed by atoms with E-state index >= 15 is 0 Å². The maximum absolute atomic E-state index is 13.5. The Morgan fingerprint density at radius 1 is 1.17 bits per heavy atom. The Morgan fingerprint density at radius 2 is 1.97 bits per heavy atom. The van der Waals surface area contributed by atoms with Gasteiger partial charge in [0.25, 0.3) is 0 Å². The molecule has 2 heterocycles. The molecule has 2 aliphatic heterocycles. The van der Waals surface area contributed by atoms with Gasteiger partial charge in [-0.2, -0.15) is 0 Å². The van der Waals surface area contributed by atoms with Gasteiger partial charge in [0.05, 0.1) is 23.1 Å². The standard InChI is InChI=1S/C26H34N6O3/c1-16-15-31(26(34)35-24-5-3-4-21-25(24)29-11-10-28-21)23-12-18(6-9-22(23)32(16)17(2)33)19(13-27)14-30-20-7-8-20/h3-6,9,12,16,19-20,28-30H,7-8,10-11,13-15,27H2,1-2H3/t16-,19?/m0/s1. The molecule has 0 spiro atoms. The van der Waals surface area contributed by atoms with Gasteiger partial charge >= 0.3 is 6.09 Å². The van der Waals surface area contributed by atoms with Crippen LogP contribution in [-0.2, 0) is 4.79 Å². The lowest BCUT2D eigenvalue weighted by Crippen LogP contribution is -2.52. The number of hydrogen-bond donors (Lipinski definition) is 4. The quantitative estimate of drug-likeness (QED) is 0.505. The first-order chi connectivity index (χ1) is 17.0. The summed E-state index contributed by atoms with van der Waals surface area (Å²) in [6, 6.07) is 11.9. The average Bonchev–Trinajstić information content (AvgIpc) is 3.68. The molecule has 3 aliphatic rings. The third-order valence-electron chi connectivity index (χ3n) is 6.95. The molecule has 0 radical (unpaired) electrons. The van der Waals surface area contributed by atoms with Crippen molar-refractivity contribution in [3.05, 3.63) is 42.0 Å². The van der Waals surface area contributed by atoms with Crippen LogP contribution < -0.4 is 36.2 Å². The Morgan fingerprint density at radius 3 is 2.71 bits per heavy atom. The molecule has 1 unspecified atom stereocenters. The van der Waals surface area contributed by atoms with E-state index < -0.39 is 6.09 Å². The molecule has 1 fully saturated rings. The number of hydrogen-bond acceptors (Lipinski definition) is 7. The molecule has 0 saturated heterocycles. The summed E-state index contributed by atoms with van der Waals surface area (Å²) in [6.45, 7) is 6.66. The minimum Gasteiger partial charge on any atom is -0.408 e. The van der Waals surface area contributed by atoms with Gasteiger partial charge < -0.3 is 31.3 Å². The number of nitrogens with two attached hydrogens (primary N) is 1. The monoisotopic (exact) mass is 478 g/mol. The summed E-state index contributed by atoms with van der Waals surface area (Å²) in [6.07, 6.45) is 1.94. The maximum Gasteiger partial charge on any atom is 0.419 e. The molecular formula is C26H34N6O3. The third kappa shape index (κ3) is 4.78. The fourth-order valence-corrected chi connectivity index (χ4v) is 4.96. The zero-order valence-electron chi connectivity index (χ0n) is 20.3. The van der Waals surface area contributed by atoms with E-state index in [1.807, 2.05) is 37.3 Å². The summed E-state index contributed by atoms with van der Waals surface area (Å²) in [5.41, 5.74) is 10.2. The molecule has 5 rings (SSSR count). The van der Waals surface area contributed by atoms with Crippen LogP contribution in [0, 0.1) is 0 Å². The smallest absolute Gasteiger partial charge is 0.408 e. The van der Waals surface area contributed by atoms with Crippen LogP contribution in [0.4, 0.5) is 27.5 Å². The van der Waals surface area contributed by atoms with Crippen molar-refractivity contribution in [2.24, 2.45) is 5.73 Å². The lowest BCUT2D eigenvalue weighted by atomic mass is 9.96. The number of nitrogens with zero attached hydrogens (tertiary/aromatic N) is 2. The van der Waals surface area contributed by atoms with Crippen LogP contribution in [0.1, 0.15) is 38.2 Å². The molecular weight excluding hydrogens is 444 g/mol. The predicted molar refractivity (Wildman–Crippen MR) is 139 cm³/mol. The van der Waals surface area contributed by atoms with E-state index in [0.29, 0.717) is 36.3 Å². The van der Waals surface area contributed by atoms with Gasteiger partial charge in [0.1, 0.15) is 5.69 Å². The minimum atomic E-state index is -0.473. The summed E-state index contributed by atoms with van der Waals surface area (Å²) in [4.78, 5) is 29.4. The summed E-state index contributed by atoms with van der Waals surface area (Å²) in [5, 5.41) is 10.2. The van der Waals surface area contributed by atoms with Crippen LogP contribution in [-0.4, -0.2) is 56.8 Å². The third-order valence-corrected chi connectivity index (χ3v) is 6.95. The van der Waals surface area contributed by atoms with Crippen molar-refractivity contribution in [2.45, 2.75) is 44.7 Å². The van der Waals surface area contributed by atoms with Crippen molar-refractivity contribution >= 4 is 34.7 Å². The summed E-state index contributed by atoms with van der Waals surface area (Å²) < 4.78 is 5.91. The number of rotatable bonds is 6. The van der Waals surface area contributed by atoms with E-state index in [9.17, 15) is 9.59 Å². The van der Waals surface area contributed by atoms with Crippen LogP contribution in [0.25, 0.3) is 0 Å². The van der Waals surface area contributed by atoms with Crippen LogP contribution >= 0.6 is 0 Å². The number of nitrogens with one attached hydrogen (secondary N) is 3. The normalized spacial score (nSPS) is 19.7. The molecule has 0 aromatic heterocycles. The molecule has 186 valence electrons. The second-order valence-electron chi connectivity index (χ2n) is 9.61. The lowest BCUT2D eigenvalue weighted by molar-refractivity contribution is -0.117. The Labute approximate surface area is 206 Å². The van der Waals surface area contributed by atoms with Gasteiger partial charge in [0.2, 0.25) is 5.91 Å². The Kier molecular flexibility index (Phi) is 6.53. The largest absolute Gasteiger partial charge is 0.419 e. The fourth-order valence-electron chi connectivity index (χ4n) is 4.96. The van der Waals surface area contributed by atoms with Crippen molar-refractivity contribution in [3.8, 4) is 5.75 Å². The number of carbonyl (C=O) groups excluding carboxylic acids is 2. The Balaban J connectivity index is 1.46. The number of carbonyl (C=O) groups is 2. The van der Waals surface area contributed by atoms with Crippen molar-refractivity contribution in [2.75, 3.05) is 53.2 Å². The average molecular weight is 479 g/mol. The summed E-state index contributed by atoms with van der Waals surface area (Å²) >= 11 is 0. The highest BCUT2D eigenvalue weighted by atomic mass is 16.6. The zero-order valence-corrected chi connectivity index (χ0v) is 20.3.